The number of esters is 1. The van der Waals surface area contributed by atoms with Gasteiger partial charge in [-0.15, -0.1) is 0 Å². The van der Waals surface area contributed by atoms with Crippen LogP contribution in [0.15, 0.2) is 0 Å². The fourth-order valence-electron chi connectivity index (χ4n) is 2.13. The highest BCUT2D eigenvalue weighted by molar-refractivity contribution is 5.93. The van der Waals surface area contributed by atoms with Gasteiger partial charge in [0.1, 0.15) is 6.54 Å². The number of ether oxygens (including phenoxy) is 1. The molecule has 0 aromatic heterocycles. The third kappa shape index (κ3) is 2.40. The second-order valence-corrected chi connectivity index (χ2v) is 4.89. The summed E-state index contributed by atoms with van der Waals surface area (Å²) in [5.41, 5.74) is -0.548. The molecule has 1 fully saturated rings. The fraction of sp³-hybridized carbons (Fsp3) is 0.727. The van der Waals surface area contributed by atoms with Gasteiger partial charge in [0.15, 0.2) is 0 Å². The first-order valence-corrected chi connectivity index (χ1v) is 5.28. The van der Waals surface area contributed by atoms with Gasteiger partial charge in [0, 0.05) is 7.05 Å². The number of amides is 1. The van der Waals surface area contributed by atoms with Gasteiger partial charge in [-0.2, -0.15) is 0 Å². The molecule has 1 amide bonds. The number of hydrogen-bond donors (Lipinski definition) is 1. The molecule has 6 nitrogen and oxygen atoms in total. The van der Waals surface area contributed by atoms with Crippen LogP contribution >= 0.6 is 0 Å². The van der Waals surface area contributed by atoms with Crippen molar-refractivity contribution in [3.63, 3.8) is 0 Å². The van der Waals surface area contributed by atoms with Crippen LogP contribution in [0.4, 0.5) is 0 Å². The number of methoxy groups -OCH3 is 1. The molecule has 1 aliphatic carbocycles. The number of carbonyl (C=O) groups excluding carboxylic acids is 2. The number of likely N-dealkylation sites (N-methyl/N-ethyl adjacent to an activating group) is 1. The predicted molar refractivity (Wildman–Crippen MR) is 58.0 cm³/mol. The van der Waals surface area contributed by atoms with E-state index < -0.39 is 29.2 Å². The number of carboxylic acid groups (broad SMARTS) is 1. The largest absolute Gasteiger partial charge is 0.481 e. The van der Waals surface area contributed by atoms with Gasteiger partial charge in [-0.05, 0) is 5.41 Å². The number of hydrogen-bond acceptors (Lipinski definition) is 4. The van der Waals surface area contributed by atoms with Gasteiger partial charge in [0.25, 0.3) is 0 Å². The molecule has 0 radical (unpaired) electrons. The van der Waals surface area contributed by atoms with Crippen LogP contribution in [-0.4, -0.2) is 48.6 Å². The summed E-state index contributed by atoms with van der Waals surface area (Å²) in [5.74, 6) is -3.05. The monoisotopic (exact) mass is 243 g/mol. The van der Waals surface area contributed by atoms with Crippen molar-refractivity contribution in [2.75, 3.05) is 20.7 Å². The molecule has 0 bridgehead atoms. The average molecular weight is 243 g/mol. The third-order valence-corrected chi connectivity index (χ3v) is 3.33. The van der Waals surface area contributed by atoms with E-state index in [1.54, 1.807) is 13.8 Å². The molecule has 0 aromatic rings. The Labute approximate surface area is 99.5 Å². The van der Waals surface area contributed by atoms with Crippen LogP contribution in [0, 0.1) is 17.3 Å². The molecule has 1 aliphatic rings. The quantitative estimate of drug-likeness (QED) is 0.701. The lowest BCUT2D eigenvalue weighted by Gasteiger charge is -2.16. The summed E-state index contributed by atoms with van der Waals surface area (Å²) in [6, 6.07) is 0. The summed E-state index contributed by atoms with van der Waals surface area (Å²) in [7, 11) is 2.70. The third-order valence-electron chi connectivity index (χ3n) is 3.33. The fourth-order valence-corrected chi connectivity index (χ4v) is 2.13. The van der Waals surface area contributed by atoms with Crippen molar-refractivity contribution in [3.8, 4) is 0 Å². The zero-order valence-corrected chi connectivity index (χ0v) is 10.4. The number of nitrogens with zero attached hydrogens (tertiary/aromatic N) is 1. The standard InChI is InChI=1S/C11H17NO5/c1-11(2)7(8(11)10(15)16)9(14)12(3)5-6(13)17-4/h7-8H,5H2,1-4H3,(H,15,16). The van der Waals surface area contributed by atoms with E-state index in [0.717, 1.165) is 0 Å². The first kappa shape index (κ1) is 13.5. The molecule has 0 aliphatic heterocycles. The van der Waals surface area contributed by atoms with E-state index in [2.05, 4.69) is 4.74 Å². The van der Waals surface area contributed by atoms with E-state index in [-0.39, 0.29) is 12.5 Å². The van der Waals surface area contributed by atoms with Crippen LogP contribution in [0.5, 0.6) is 0 Å². The van der Waals surface area contributed by atoms with Crippen molar-refractivity contribution in [2.45, 2.75) is 13.8 Å². The Balaban J connectivity index is 2.66. The van der Waals surface area contributed by atoms with Gasteiger partial charge in [-0.25, -0.2) is 0 Å². The number of carboxylic acids is 1. The Morgan fingerprint density at radius 1 is 1.29 bits per heavy atom. The Kier molecular flexibility index (Phi) is 3.45. The first-order chi connectivity index (χ1) is 7.73. The highest BCUT2D eigenvalue weighted by Gasteiger charge is 2.66. The predicted octanol–water partition coefficient (Wildman–Crippen LogP) is -0.0254. The first-order valence-electron chi connectivity index (χ1n) is 5.28. The molecule has 2 atom stereocenters. The highest BCUT2D eigenvalue weighted by Crippen LogP contribution is 2.58. The van der Waals surface area contributed by atoms with Crippen LogP contribution in [0.25, 0.3) is 0 Å². The zero-order valence-electron chi connectivity index (χ0n) is 10.4. The number of carbonyl (C=O) groups is 3. The second kappa shape index (κ2) is 4.35. The van der Waals surface area contributed by atoms with Crippen molar-refractivity contribution in [3.05, 3.63) is 0 Å². The SMILES string of the molecule is COC(=O)CN(C)C(=O)C1C(C(=O)O)C1(C)C. The van der Waals surface area contributed by atoms with E-state index in [1.807, 2.05) is 0 Å². The number of rotatable bonds is 4. The van der Waals surface area contributed by atoms with Gasteiger partial charge < -0.3 is 14.7 Å². The van der Waals surface area contributed by atoms with Gasteiger partial charge in [0.2, 0.25) is 5.91 Å². The summed E-state index contributed by atoms with van der Waals surface area (Å²) >= 11 is 0. The van der Waals surface area contributed by atoms with E-state index >= 15 is 0 Å². The van der Waals surface area contributed by atoms with Gasteiger partial charge >= 0.3 is 11.9 Å². The minimum atomic E-state index is -0.972. The van der Waals surface area contributed by atoms with Gasteiger partial charge in [0.05, 0.1) is 18.9 Å². The van der Waals surface area contributed by atoms with Crippen LogP contribution in [0.2, 0.25) is 0 Å². The molecule has 0 spiro atoms. The Bertz CT molecular complexity index is 363. The molecule has 0 aromatic carbocycles. The van der Waals surface area contributed by atoms with Crippen molar-refractivity contribution >= 4 is 17.8 Å². The Morgan fingerprint density at radius 3 is 2.18 bits per heavy atom. The molecule has 6 heteroatoms. The average Bonchev–Trinajstić information content (AvgIpc) is 2.80. The molecular weight excluding hydrogens is 226 g/mol. The molecular formula is C11H17NO5. The molecule has 1 rings (SSSR count). The van der Waals surface area contributed by atoms with Crippen molar-refractivity contribution < 1.29 is 24.2 Å². The molecule has 2 unspecified atom stereocenters. The maximum atomic E-state index is 11.9. The van der Waals surface area contributed by atoms with Crippen LogP contribution in [0.1, 0.15) is 13.8 Å². The Morgan fingerprint density at radius 2 is 1.82 bits per heavy atom. The Hall–Kier alpha value is -1.59. The maximum Gasteiger partial charge on any atom is 0.325 e. The lowest BCUT2D eigenvalue weighted by Crippen LogP contribution is -2.35. The minimum Gasteiger partial charge on any atom is -0.481 e. The van der Waals surface area contributed by atoms with E-state index in [4.69, 9.17) is 5.11 Å². The molecule has 96 valence electrons. The van der Waals surface area contributed by atoms with Gasteiger partial charge in [-0.3, -0.25) is 14.4 Å². The molecule has 1 N–H and O–H groups in total. The van der Waals surface area contributed by atoms with Crippen LogP contribution in [-0.2, 0) is 19.1 Å². The van der Waals surface area contributed by atoms with E-state index in [9.17, 15) is 14.4 Å². The summed E-state index contributed by atoms with van der Waals surface area (Å²) < 4.78 is 4.45. The normalized spacial score (nSPS) is 24.9. The summed E-state index contributed by atoms with van der Waals surface area (Å²) in [6.07, 6.45) is 0. The summed E-state index contributed by atoms with van der Waals surface area (Å²) in [4.78, 5) is 35.1. The molecule has 17 heavy (non-hydrogen) atoms. The van der Waals surface area contributed by atoms with Crippen LogP contribution < -0.4 is 0 Å². The second-order valence-electron chi connectivity index (χ2n) is 4.89. The lowest BCUT2D eigenvalue weighted by molar-refractivity contribution is -0.147. The smallest absolute Gasteiger partial charge is 0.325 e. The molecule has 0 heterocycles. The zero-order chi connectivity index (χ0) is 13.4. The minimum absolute atomic E-state index is 0.158. The lowest BCUT2D eigenvalue weighted by atomic mass is 10.1. The maximum absolute atomic E-state index is 11.9. The molecule has 1 saturated carbocycles. The van der Waals surface area contributed by atoms with Crippen molar-refractivity contribution in [1.29, 1.82) is 0 Å². The van der Waals surface area contributed by atoms with E-state index in [1.165, 1.54) is 19.1 Å². The number of aliphatic carboxylic acids is 1. The van der Waals surface area contributed by atoms with Crippen molar-refractivity contribution in [1.82, 2.24) is 4.90 Å². The van der Waals surface area contributed by atoms with Crippen molar-refractivity contribution in [2.24, 2.45) is 17.3 Å². The van der Waals surface area contributed by atoms with Gasteiger partial charge in [-0.1, -0.05) is 13.8 Å². The van der Waals surface area contributed by atoms with E-state index in [0.29, 0.717) is 0 Å². The molecule has 0 saturated heterocycles. The topological polar surface area (TPSA) is 83.9 Å². The van der Waals surface area contributed by atoms with Crippen LogP contribution in [0.3, 0.4) is 0 Å². The summed E-state index contributed by atoms with van der Waals surface area (Å²) in [5, 5.41) is 8.96. The summed E-state index contributed by atoms with van der Waals surface area (Å²) in [6.45, 7) is 3.31. The highest BCUT2D eigenvalue weighted by atomic mass is 16.5.